The lowest BCUT2D eigenvalue weighted by molar-refractivity contribution is 0.0849. The lowest BCUT2D eigenvalue weighted by Crippen LogP contribution is -2.30. The predicted octanol–water partition coefficient (Wildman–Crippen LogP) is 2.87. The van der Waals surface area contributed by atoms with E-state index in [-0.39, 0.29) is 11.8 Å². The standard InChI is InChI=1S/C16H15NO2/c1-11-3-7-13(8-4-11)15(18)17-16(19)14-9-5-12(2)6-10-14/h3-10H,1-2H3,(H,17,18,19). The molecule has 2 rings (SSSR count). The van der Waals surface area contributed by atoms with Gasteiger partial charge in [0.2, 0.25) is 0 Å². The maximum atomic E-state index is 11.9. The highest BCUT2D eigenvalue weighted by Gasteiger charge is 2.11. The van der Waals surface area contributed by atoms with Gasteiger partial charge in [0, 0.05) is 11.1 Å². The van der Waals surface area contributed by atoms with E-state index in [0.717, 1.165) is 11.1 Å². The van der Waals surface area contributed by atoms with E-state index >= 15 is 0 Å². The summed E-state index contributed by atoms with van der Waals surface area (Å²) in [5.41, 5.74) is 3.10. The second kappa shape index (κ2) is 5.48. The van der Waals surface area contributed by atoms with Crippen molar-refractivity contribution in [1.82, 2.24) is 5.32 Å². The minimum atomic E-state index is -0.384. The Morgan fingerprint density at radius 3 is 1.32 bits per heavy atom. The van der Waals surface area contributed by atoms with Crippen LogP contribution in [0, 0.1) is 13.8 Å². The molecule has 3 nitrogen and oxygen atoms in total. The molecule has 0 fully saturated rings. The summed E-state index contributed by atoms with van der Waals surface area (Å²) < 4.78 is 0. The molecule has 3 heteroatoms. The van der Waals surface area contributed by atoms with Crippen molar-refractivity contribution in [2.45, 2.75) is 13.8 Å². The van der Waals surface area contributed by atoms with E-state index in [9.17, 15) is 9.59 Å². The van der Waals surface area contributed by atoms with Crippen molar-refractivity contribution in [2.24, 2.45) is 0 Å². The number of imide groups is 1. The minimum absolute atomic E-state index is 0.384. The van der Waals surface area contributed by atoms with Crippen LogP contribution in [0.3, 0.4) is 0 Å². The summed E-state index contributed by atoms with van der Waals surface area (Å²) in [4.78, 5) is 23.7. The fourth-order valence-corrected chi connectivity index (χ4v) is 1.66. The van der Waals surface area contributed by atoms with Crippen molar-refractivity contribution < 1.29 is 9.59 Å². The first-order valence-corrected chi connectivity index (χ1v) is 6.05. The number of aryl methyl sites for hydroxylation is 2. The van der Waals surface area contributed by atoms with Crippen molar-refractivity contribution in [3.8, 4) is 0 Å². The number of hydrogen-bond donors (Lipinski definition) is 1. The Balaban J connectivity index is 2.08. The Morgan fingerprint density at radius 1 is 0.684 bits per heavy atom. The molecular formula is C16H15NO2. The highest BCUT2D eigenvalue weighted by atomic mass is 16.2. The van der Waals surface area contributed by atoms with Gasteiger partial charge < -0.3 is 0 Å². The molecule has 2 aromatic rings. The van der Waals surface area contributed by atoms with Gasteiger partial charge >= 0.3 is 0 Å². The van der Waals surface area contributed by atoms with Crippen molar-refractivity contribution in [1.29, 1.82) is 0 Å². The van der Waals surface area contributed by atoms with Gasteiger partial charge in [-0.1, -0.05) is 35.4 Å². The topological polar surface area (TPSA) is 46.2 Å². The molecule has 0 aromatic heterocycles. The molecule has 0 saturated carbocycles. The Kier molecular flexibility index (Phi) is 3.76. The van der Waals surface area contributed by atoms with Gasteiger partial charge in [-0.05, 0) is 38.1 Å². The smallest absolute Gasteiger partial charge is 0.258 e. The third-order valence-corrected chi connectivity index (χ3v) is 2.85. The number of hydrogen-bond acceptors (Lipinski definition) is 2. The van der Waals surface area contributed by atoms with Gasteiger partial charge in [-0.3, -0.25) is 14.9 Å². The first kappa shape index (κ1) is 13.0. The number of benzene rings is 2. The first-order chi connectivity index (χ1) is 9.06. The van der Waals surface area contributed by atoms with E-state index in [1.165, 1.54) is 0 Å². The zero-order valence-corrected chi connectivity index (χ0v) is 10.9. The third kappa shape index (κ3) is 3.28. The molecular weight excluding hydrogens is 238 g/mol. The van der Waals surface area contributed by atoms with Crippen LogP contribution in [0.5, 0.6) is 0 Å². The molecule has 0 atom stereocenters. The van der Waals surface area contributed by atoms with Gasteiger partial charge in [0.05, 0.1) is 0 Å². The van der Waals surface area contributed by atoms with Gasteiger partial charge in [-0.15, -0.1) is 0 Å². The van der Waals surface area contributed by atoms with Gasteiger partial charge in [0.25, 0.3) is 11.8 Å². The normalized spacial score (nSPS) is 10.0. The maximum absolute atomic E-state index is 11.9. The van der Waals surface area contributed by atoms with Crippen LogP contribution < -0.4 is 5.32 Å². The summed E-state index contributed by atoms with van der Waals surface area (Å²) in [6.45, 7) is 3.89. The van der Waals surface area contributed by atoms with Gasteiger partial charge in [-0.2, -0.15) is 0 Å². The monoisotopic (exact) mass is 253 g/mol. The largest absolute Gasteiger partial charge is 0.288 e. The first-order valence-electron chi connectivity index (χ1n) is 6.05. The van der Waals surface area contributed by atoms with E-state index in [1.54, 1.807) is 24.3 Å². The van der Waals surface area contributed by atoms with E-state index in [4.69, 9.17) is 0 Å². The van der Waals surface area contributed by atoms with Crippen molar-refractivity contribution >= 4 is 11.8 Å². The zero-order valence-electron chi connectivity index (χ0n) is 10.9. The van der Waals surface area contributed by atoms with E-state index in [0.29, 0.717) is 11.1 Å². The summed E-state index contributed by atoms with van der Waals surface area (Å²) >= 11 is 0. The van der Waals surface area contributed by atoms with Crippen LogP contribution >= 0.6 is 0 Å². The molecule has 0 aliphatic heterocycles. The van der Waals surface area contributed by atoms with Gasteiger partial charge in [0.1, 0.15) is 0 Å². The molecule has 0 heterocycles. The second-order valence-corrected chi connectivity index (χ2v) is 4.52. The number of rotatable bonds is 2. The van der Waals surface area contributed by atoms with Crippen LogP contribution in [0.1, 0.15) is 31.8 Å². The molecule has 0 saturated heterocycles. The van der Waals surface area contributed by atoms with Crippen molar-refractivity contribution in [3.05, 3.63) is 70.8 Å². The second-order valence-electron chi connectivity index (χ2n) is 4.52. The Labute approximate surface area is 112 Å². The Morgan fingerprint density at radius 2 is 1.00 bits per heavy atom. The van der Waals surface area contributed by atoms with E-state index < -0.39 is 0 Å². The fraction of sp³-hybridized carbons (Fsp3) is 0.125. The minimum Gasteiger partial charge on any atom is -0.288 e. The molecule has 19 heavy (non-hydrogen) atoms. The highest BCUT2D eigenvalue weighted by molar-refractivity contribution is 6.10. The van der Waals surface area contributed by atoms with E-state index in [2.05, 4.69) is 5.32 Å². The van der Waals surface area contributed by atoms with Crippen LogP contribution in [0.15, 0.2) is 48.5 Å². The number of carbonyl (C=O) groups is 2. The molecule has 0 aliphatic rings. The molecule has 0 bridgehead atoms. The molecule has 96 valence electrons. The SMILES string of the molecule is Cc1ccc(C(=O)NC(=O)c2ccc(C)cc2)cc1. The summed E-state index contributed by atoms with van der Waals surface area (Å²) in [5, 5.41) is 2.37. The summed E-state index contributed by atoms with van der Waals surface area (Å²) in [5.74, 6) is -0.767. The molecule has 1 N–H and O–H groups in total. The Hall–Kier alpha value is -2.42. The van der Waals surface area contributed by atoms with Crippen molar-refractivity contribution in [3.63, 3.8) is 0 Å². The van der Waals surface area contributed by atoms with Gasteiger partial charge in [0.15, 0.2) is 0 Å². The Bertz CT molecular complexity index is 542. The number of nitrogens with one attached hydrogen (secondary N) is 1. The number of carbonyl (C=O) groups excluding carboxylic acids is 2. The molecule has 0 radical (unpaired) electrons. The van der Waals surface area contributed by atoms with Crippen LogP contribution in [0.4, 0.5) is 0 Å². The van der Waals surface area contributed by atoms with Crippen LogP contribution in [-0.4, -0.2) is 11.8 Å². The molecule has 0 aliphatic carbocycles. The lowest BCUT2D eigenvalue weighted by Gasteiger charge is -2.05. The summed E-state index contributed by atoms with van der Waals surface area (Å²) in [7, 11) is 0. The number of amides is 2. The molecule has 2 aromatic carbocycles. The van der Waals surface area contributed by atoms with Gasteiger partial charge in [-0.25, -0.2) is 0 Å². The summed E-state index contributed by atoms with van der Waals surface area (Å²) in [6.07, 6.45) is 0. The zero-order chi connectivity index (χ0) is 13.8. The van der Waals surface area contributed by atoms with Crippen LogP contribution in [-0.2, 0) is 0 Å². The highest BCUT2D eigenvalue weighted by Crippen LogP contribution is 2.05. The summed E-state index contributed by atoms with van der Waals surface area (Å²) in [6, 6.07) is 14.2. The quantitative estimate of drug-likeness (QED) is 0.836. The third-order valence-electron chi connectivity index (χ3n) is 2.85. The van der Waals surface area contributed by atoms with Crippen molar-refractivity contribution in [2.75, 3.05) is 0 Å². The average Bonchev–Trinajstić information content (AvgIpc) is 2.40. The predicted molar refractivity (Wildman–Crippen MR) is 74.2 cm³/mol. The molecule has 2 amide bonds. The average molecular weight is 253 g/mol. The lowest BCUT2D eigenvalue weighted by atomic mass is 10.1. The van der Waals surface area contributed by atoms with Crippen LogP contribution in [0.25, 0.3) is 0 Å². The molecule has 0 unspecified atom stereocenters. The molecule has 0 spiro atoms. The fourth-order valence-electron chi connectivity index (χ4n) is 1.66. The van der Waals surface area contributed by atoms with Crippen LogP contribution in [0.2, 0.25) is 0 Å². The van der Waals surface area contributed by atoms with E-state index in [1.807, 2.05) is 38.1 Å². The maximum Gasteiger partial charge on any atom is 0.258 e.